The first-order chi connectivity index (χ1) is 10.4. The van der Waals surface area contributed by atoms with Crippen LogP contribution in [0.4, 0.5) is 16.4 Å². The summed E-state index contributed by atoms with van der Waals surface area (Å²) in [5, 5.41) is 3.43. The Morgan fingerprint density at radius 1 is 1.27 bits per heavy atom. The molecule has 118 valence electrons. The number of nitrogens with zero attached hydrogens (tertiary/aromatic N) is 7. The summed E-state index contributed by atoms with van der Waals surface area (Å²) in [6, 6.07) is 0. The fourth-order valence-electron chi connectivity index (χ4n) is 2.00. The van der Waals surface area contributed by atoms with Gasteiger partial charge in [-0.2, -0.15) is 0 Å². The average molecular weight is 305 g/mol. The van der Waals surface area contributed by atoms with Gasteiger partial charge in [0.15, 0.2) is 0 Å². The minimum atomic E-state index is -0.492. The zero-order chi connectivity index (χ0) is 16.2. The number of anilines is 1. The van der Waals surface area contributed by atoms with E-state index >= 15 is 0 Å². The highest BCUT2D eigenvalue weighted by Gasteiger charge is 2.26. The minimum absolute atomic E-state index is 0.299. The molecule has 2 rings (SSSR count). The smallest absolute Gasteiger partial charge is 0.410 e. The predicted molar refractivity (Wildman–Crippen MR) is 80.9 cm³/mol. The number of azide groups is 1. The number of rotatable bonds is 2. The average Bonchev–Trinajstić information content (AvgIpc) is 2.47. The summed E-state index contributed by atoms with van der Waals surface area (Å²) in [4.78, 5) is 26.6. The van der Waals surface area contributed by atoms with Gasteiger partial charge in [0.1, 0.15) is 5.60 Å². The van der Waals surface area contributed by atoms with Crippen molar-refractivity contribution in [1.29, 1.82) is 0 Å². The van der Waals surface area contributed by atoms with Crippen molar-refractivity contribution >= 4 is 17.7 Å². The van der Waals surface area contributed by atoms with Crippen molar-refractivity contribution < 1.29 is 9.53 Å². The number of aromatic nitrogens is 2. The number of hydrogen-bond donors (Lipinski definition) is 0. The van der Waals surface area contributed by atoms with Gasteiger partial charge in [-0.25, -0.2) is 14.8 Å². The Bertz CT molecular complexity index is 567. The molecule has 1 saturated heterocycles. The van der Waals surface area contributed by atoms with Crippen LogP contribution in [0, 0.1) is 0 Å². The lowest BCUT2D eigenvalue weighted by Crippen LogP contribution is -2.50. The Morgan fingerprint density at radius 2 is 1.86 bits per heavy atom. The van der Waals surface area contributed by atoms with Gasteiger partial charge in [0.05, 0.1) is 5.69 Å². The fraction of sp³-hybridized carbons (Fsp3) is 0.615. The molecule has 1 aliphatic rings. The van der Waals surface area contributed by atoms with E-state index in [0.717, 1.165) is 0 Å². The van der Waals surface area contributed by atoms with E-state index < -0.39 is 5.60 Å². The molecule has 0 radical (unpaired) electrons. The SMILES string of the molecule is CC(C)(C)OC(=O)N1CCN(c2ncc(N=[N+]=[N-])cn2)CC1. The summed E-state index contributed by atoms with van der Waals surface area (Å²) in [5.41, 5.74) is 8.22. The third kappa shape index (κ3) is 4.23. The zero-order valence-corrected chi connectivity index (χ0v) is 12.9. The highest BCUT2D eigenvalue weighted by atomic mass is 16.6. The monoisotopic (exact) mass is 305 g/mol. The number of ether oxygens (including phenoxy) is 1. The van der Waals surface area contributed by atoms with Crippen LogP contribution in [0.5, 0.6) is 0 Å². The highest BCUT2D eigenvalue weighted by Crippen LogP contribution is 2.16. The molecular formula is C13H19N7O2. The van der Waals surface area contributed by atoms with Gasteiger partial charge >= 0.3 is 6.09 Å². The summed E-state index contributed by atoms with van der Waals surface area (Å²) in [6.45, 7) is 7.90. The van der Waals surface area contributed by atoms with Crippen LogP contribution in [0.3, 0.4) is 0 Å². The lowest BCUT2D eigenvalue weighted by molar-refractivity contribution is 0.0240. The predicted octanol–water partition coefficient (Wildman–Crippen LogP) is 2.48. The summed E-state index contributed by atoms with van der Waals surface area (Å²) in [5.74, 6) is 0.556. The van der Waals surface area contributed by atoms with E-state index in [1.54, 1.807) is 4.90 Å². The highest BCUT2D eigenvalue weighted by molar-refractivity contribution is 5.68. The molecule has 0 aromatic carbocycles. The van der Waals surface area contributed by atoms with Crippen LogP contribution in [0.25, 0.3) is 10.4 Å². The Hall–Kier alpha value is -2.54. The molecule has 1 aromatic rings. The van der Waals surface area contributed by atoms with Crippen molar-refractivity contribution in [2.45, 2.75) is 26.4 Å². The quantitative estimate of drug-likeness (QED) is 0.474. The van der Waals surface area contributed by atoms with Crippen molar-refractivity contribution in [3.8, 4) is 0 Å². The normalized spacial score (nSPS) is 15.2. The van der Waals surface area contributed by atoms with Crippen molar-refractivity contribution in [3.63, 3.8) is 0 Å². The Labute approximate surface area is 128 Å². The van der Waals surface area contributed by atoms with E-state index in [9.17, 15) is 4.79 Å². The van der Waals surface area contributed by atoms with Gasteiger partial charge in [0.2, 0.25) is 5.95 Å². The van der Waals surface area contributed by atoms with Gasteiger partial charge in [-0.3, -0.25) is 0 Å². The number of piperazine rings is 1. The van der Waals surface area contributed by atoms with Gasteiger partial charge < -0.3 is 14.5 Å². The fourth-order valence-corrected chi connectivity index (χ4v) is 2.00. The van der Waals surface area contributed by atoms with Crippen LogP contribution in [0.1, 0.15) is 20.8 Å². The number of carbonyl (C=O) groups excluding carboxylic acids is 1. The molecule has 1 amide bonds. The Morgan fingerprint density at radius 3 is 2.36 bits per heavy atom. The summed E-state index contributed by atoms with van der Waals surface area (Å²) < 4.78 is 5.35. The summed E-state index contributed by atoms with van der Waals surface area (Å²) in [6.07, 6.45) is 2.65. The first-order valence-corrected chi connectivity index (χ1v) is 6.99. The van der Waals surface area contributed by atoms with Crippen LogP contribution >= 0.6 is 0 Å². The van der Waals surface area contributed by atoms with E-state index in [4.69, 9.17) is 10.3 Å². The standard InChI is InChI=1S/C13H19N7O2/c1-13(2,3)22-12(21)20-6-4-19(5-7-20)11-15-8-10(9-16-11)17-18-14/h8-9H,4-7H2,1-3H3. The second-order valence-corrected chi connectivity index (χ2v) is 5.89. The van der Waals surface area contributed by atoms with Gasteiger partial charge in [0.25, 0.3) is 0 Å². The molecule has 0 unspecified atom stereocenters. The molecule has 0 spiro atoms. The van der Waals surface area contributed by atoms with Crippen LogP contribution < -0.4 is 4.90 Å². The van der Waals surface area contributed by atoms with Crippen molar-refractivity contribution in [2.24, 2.45) is 5.11 Å². The first kappa shape index (κ1) is 15.8. The van der Waals surface area contributed by atoms with Crippen LogP contribution in [0.15, 0.2) is 17.5 Å². The van der Waals surface area contributed by atoms with E-state index in [-0.39, 0.29) is 6.09 Å². The molecule has 1 fully saturated rings. The van der Waals surface area contributed by atoms with Crippen molar-refractivity contribution in [1.82, 2.24) is 14.9 Å². The molecule has 0 atom stereocenters. The molecule has 0 aliphatic carbocycles. The van der Waals surface area contributed by atoms with Gasteiger partial charge in [-0.1, -0.05) is 5.11 Å². The summed E-state index contributed by atoms with van der Waals surface area (Å²) in [7, 11) is 0. The van der Waals surface area contributed by atoms with E-state index in [1.165, 1.54) is 12.4 Å². The molecule has 0 bridgehead atoms. The van der Waals surface area contributed by atoms with E-state index in [2.05, 4.69) is 20.0 Å². The number of amides is 1. The molecule has 2 heterocycles. The molecule has 0 saturated carbocycles. The Kier molecular flexibility index (Phi) is 4.67. The first-order valence-electron chi connectivity index (χ1n) is 6.99. The zero-order valence-electron chi connectivity index (χ0n) is 12.9. The topological polar surface area (TPSA) is 107 Å². The van der Waals surface area contributed by atoms with Crippen molar-refractivity contribution in [3.05, 3.63) is 22.8 Å². The molecule has 1 aliphatic heterocycles. The molecule has 1 aromatic heterocycles. The van der Waals surface area contributed by atoms with Crippen molar-refractivity contribution in [2.75, 3.05) is 31.1 Å². The lowest BCUT2D eigenvalue weighted by Gasteiger charge is -2.35. The molecule has 9 nitrogen and oxygen atoms in total. The maximum Gasteiger partial charge on any atom is 0.410 e. The third-order valence-corrected chi connectivity index (χ3v) is 3.00. The minimum Gasteiger partial charge on any atom is -0.444 e. The van der Waals surface area contributed by atoms with E-state index in [0.29, 0.717) is 37.8 Å². The number of carbonyl (C=O) groups is 1. The van der Waals surface area contributed by atoms with Crippen LogP contribution in [0.2, 0.25) is 0 Å². The number of hydrogen-bond acceptors (Lipinski definition) is 6. The maximum atomic E-state index is 12.0. The van der Waals surface area contributed by atoms with Gasteiger partial charge in [-0.15, -0.1) is 0 Å². The molecule has 22 heavy (non-hydrogen) atoms. The van der Waals surface area contributed by atoms with E-state index in [1.807, 2.05) is 25.7 Å². The third-order valence-electron chi connectivity index (χ3n) is 3.00. The molecule has 0 N–H and O–H groups in total. The lowest BCUT2D eigenvalue weighted by atomic mass is 10.2. The largest absolute Gasteiger partial charge is 0.444 e. The van der Waals surface area contributed by atoms with Crippen LogP contribution in [-0.4, -0.2) is 52.7 Å². The van der Waals surface area contributed by atoms with Gasteiger partial charge in [-0.05, 0) is 26.3 Å². The molecule has 9 heteroatoms. The van der Waals surface area contributed by atoms with Crippen LogP contribution in [-0.2, 0) is 4.74 Å². The maximum absolute atomic E-state index is 12.0. The Balaban J connectivity index is 1.91. The summed E-state index contributed by atoms with van der Waals surface area (Å²) >= 11 is 0. The van der Waals surface area contributed by atoms with Gasteiger partial charge in [0, 0.05) is 43.5 Å². The second kappa shape index (κ2) is 6.48. The molecular weight excluding hydrogens is 286 g/mol. The second-order valence-electron chi connectivity index (χ2n) is 5.89.